The fraction of sp³-hybridized carbons (Fsp3) is 0.250. The van der Waals surface area contributed by atoms with Crippen LogP contribution < -0.4 is 5.32 Å². The van der Waals surface area contributed by atoms with Gasteiger partial charge in [0.1, 0.15) is 0 Å². The van der Waals surface area contributed by atoms with Gasteiger partial charge in [0.25, 0.3) is 0 Å². The van der Waals surface area contributed by atoms with E-state index in [1.165, 1.54) is 18.9 Å². The summed E-state index contributed by atoms with van der Waals surface area (Å²) < 4.78 is 5.45. The Morgan fingerprint density at radius 3 is 2.32 bits per heavy atom. The van der Waals surface area contributed by atoms with Crippen molar-refractivity contribution in [3.8, 4) is 22.6 Å². The fourth-order valence-corrected chi connectivity index (χ4v) is 2.67. The van der Waals surface area contributed by atoms with Crippen LogP contribution in [-0.2, 0) is 10.2 Å². The molecule has 3 aromatic rings. The predicted octanol–water partition coefficient (Wildman–Crippen LogP) is 4.66. The van der Waals surface area contributed by atoms with Gasteiger partial charge in [0, 0.05) is 18.2 Å². The quantitative estimate of drug-likeness (QED) is 0.756. The summed E-state index contributed by atoms with van der Waals surface area (Å²) in [6.07, 6.45) is 1.34. The summed E-state index contributed by atoms with van der Waals surface area (Å²) in [5, 5.41) is 10.7. The summed E-state index contributed by atoms with van der Waals surface area (Å²) in [6, 6.07) is 14.0. The topological polar surface area (TPSA) is 68.0 Å². The van der Waals surface area contributed by atoms with E-state index < -0.39 is 0 Å². The van der Waals surface area contributed by atoms with E-state index in [0.29, 0.717) is 5.89 Å². The van der Waals surface area contributed by atoms with Crippen molar-refractivity contribution >= 4 is 11.6 Å². The van der Waals surface area contributed by atoms with Crippen LogP contribution in [0.15, 0.2) is 53.3 Å². The summed E-state index contributed by atoms with van der Waals surface area (Å²) in [7, 11) is 0. The van der Waals surface area contributed by atoms with E-state index in [9.17, 15) is 4.79 Å². The van der Waals surface area contributed by atoms with Crippen LogP contribution in [-0.4, -0.2) is 16.1 Å². The highest BCUT2D eigenvalue weighted by Crippen LogP contribution is 2.35. The lowest BCUT2D eigenvalue weighted by atomic mass is 9.84. The van der Waals surface area contributed by atoms with Crippen molar-refractivity contribution in [3.63, 3.8) is 0 Å². The highest BCUT2D eigenvalue weighted by atomic mass is 16.4. The summed E-state index contributed by atoms with van der Waals surface area (Å²) in [5.74, 6) is 0.404. The van der Waals surface area contributed by atoms with Crippen molar-refractivity contribution in [1.82, 2.24) is 10.2 Å². The van der Waals surface area contributed by atoms with E-state index in [1.54, 1.807) is 0 Å². The van der Waals surface area contributed by atoms with E-state index in [-0.39, 0.29) is 11.3 Å². The van der Waals surface area contributed by atoms with Crippen LogP contribution in [0.1, 0.15) is 33.3 Å². The summed E-state index contributed by atoms with van der Waals surface area (Å²) in [5.41, 5.74) is 4.90. The zero-order valence-electron chi connectivity index (χ0n) is 14.8. The average Bonchev–Trinajstić information content (AvgIpc) is 3.08. The van der Waals surface area contributed by atoms with Gasteiger partial charge in [0.05, 0.1) is 0 Å². The molecule has 0 spiro atoms. The lowest BCUT2D eigenvalue weighted by Crippen LogP contribution is -2.11. The minimum atomic E-state index is -0.0890. The van der Waals surface area contributed by atoms with Gasteiger partial charge in [-0.05, 0) is 40.3 Å². The molecule has 0 unspecified atom stereocenters. The molecule has 5 heteroatoms. The Balaban J connectivity index is 2.08. The SMILES string of the molecule is CC(=O)Nc1ccc(-c2ccc(C(C)(C)C)cc2-c2nnco2)cc1. The monoisotopic (exact) mass is 335 g/mol. The van der Waals surface area contributed by atoms with Crippen molar-refractivity contribution in [1.29, 1.82) is 0 Å². The zero-order valence-corrected chi connectivity index (χ0v) is 14.8. The van der Waals surface area contributed by atoms with Crippen LogP contribution in [0.2, 0.25) is 0 Å². The van der Waals surface area contributed by atoms with Gasteiger partial charge in [-0.25, -0.2) is 0 Å². The third-order valence-electron chi connectivity index (χ3n) is 3.99. The summed E-state index contributed by atoms with van der Waals surface area (Å²) in [4.78, 5) is 11.2. The first kappa shape index (κ1) is 16.9. The van der Waals surface area contributed by atoms with Crippen LogP contribution in [0.3, 0.4) is 0 Å². The molecule has 25 heavy (non-hydrogen) atoms. The van der Waals surface area contributed by atoms with E-state index in [2.05, 4.69) is 54.5 Å². The molecule has 3 rings (SSSR count). The number of hydrogen-bond acceptors (Lipinski definition) is 4. The highest BCUT2D eigenvalue weighted by molar-refractivity contribution is 5.89. The normalized spacial score (nSPS) is 11.4. The van der Waals surface area contributed by atoms with Gasteiger partial charge in [0.15, 0.2) is 0 Å². The van der Waals surface area contributed by atoms with Crippen LogP contribution >= 0.6 is 0 Å². The third-order valence-corrected chi connectivity index (χ3v) is 3.99. The van der Waals surface area contributed by atoms with Crippen LogP contribution in [0, 0.1) is 0 Å². The number of amides is 1. The van der Waals surface area contributed by atoms with E-state index in [4.69, 9.17) is 4.42 Å². The van der Waals surface area contributed by atoms with Crippen molar-refractivity contribution in [2.45, 2.75) is 33.1 Å². The maximum absolute atomic E-state index is 11.2. The average molecular weight is 335 g/mol. The highest BCUT2D eigenvalue weighted by Gasteiger charge is 2.19. The molecule has 0 fully saturated rings. The smallest absolute Gasteiger partial charge is 0.248 e. The Hall–Kier alpha value is -2.95. The molecule has 0 aliphatic rings. The molecule has 0 aliphatic carbocycles. The van der Waals surface area contributed by atoms with Gasteiger partial charge in [0.2, 0.25) is 18.2 Å². The number of rotatable bonds is 3. The predicted molar refractivity (Wildman–Crippen MR) is 98.2 cm³/mol. The van der Waals surface area contributed by atoms with E-state index in [1.807, 2.05) is 24.3 Å². The number of benzene rings is 2. The molecule has 5 nitrogen and oxygen atoms in total. The number of hydrogen-bond donors (Lipinski definition) is 1. The Kier molecular flexibility index (Phi) is 4.40. The van der Waals surface area contributed by atoms with Crippen molar-refractivity contribution in [2.75, 3.05) is 5.32 Å². The molecule has 0 saturated carbocycles. The van der Waals surface area contributed by atoms with E-state index in [0.717, 1.165) is 22.4 Å². The number of nitrogens with zero attached hydrogens (tertiary/aromatic N) is 2. The maximum Gasteiger partial charge on any atom is 0.248 e. The molecular weight excluding hydrogens is 314 g/mol. The van der Waals surface area contributed by atoms with Crippen molar-refractivity contribution < 1.29 is 9.21 Å². The first-order chi connectivity index (χ1) is 11.8. The van der Waals surface area contributed by atoms with Gasteiger partial charge in [-0.2, -0.15) is 0 Å². The number of carbonyl (C=O) groups excluding carboxylic acids is 1. The summed E-state index contributed by atoms with van der Waals surface area (Å²) in [6.45, 7) is 8.00. The minimum Gasteiger partial charge on any atom is -0.423 e. The molecule has 1 N–H and O–H groups in total. The van der Waals surface area contributed by atoms with Gasteiger partial charge in [-0.1, -0.05) is 45.0 Å². The molecule has 128 valence electrons. The molecule has 0 saturated heterocycles. The molecule has 1 heterocycles. The van der Waals surface area contributed by atoms with Crippen molar-refractivity contribution in [3.05, 3.63) is 54.4 Å². The minimum absolute atomic E-state index is 0.0164. The van der Waals surface area contributed by atoms with Crippen molar-refractivity contribution in [2.24, 2.45) is 0 Å². The molecule has 1 amide bonds. The number of anilines is 1. The lowest BCUT2D eigenvalue weighted by Gasteiger charge is -2.21. The van der Waals surface area contributed by atoms with Crippen LogP contribution in [0.25, 0.3) is 22.6 Å². The standard InChI is InChI=1S/C20H21N3O2/c1-13(24)22-16-8-5-14(6-9-16)17-10-7-15(20(2,3)4)11-18(17)19-23-21-12-25-19/h5-12H,1-4H3,(H,22,24). The zero-order chi connectivity index (χ0) is 18.0. The second kappa shape index (κ2) is 6.51. The first-order valence-electron chi connectivity index (χ1n) is 8.14. The van der Waals surface area contributed by atoms with E-state index >= 15 is 0 Å². The third kappa shape index (κ3) is 3.76. The fourth-order valence-electron chi connectivity index (χ4n) is 2.67. The van der Waals surface area contributed by atoms with Crippen LogP contribution in [0.4, 0.5) is 5.69 Å². The molecule has 0 aliphatic heterocycles. The van der Waals surface area contributed by atoms with Gasteiger partial charge in [-0.3, -0.25) is 4.79 Å². The Morgan fingerprint density at radius 1 is 1.04 bits per heavy atom. The largest absolute Gasteiger partial charge is 0.423 e. The number of nitrogens with one attached hydrogen (secondary N) is 1. The number of aromatic nitrogens is 2. The van der Waals surface area contributed by atoms with Gasteiger partial charge in [-0.15, -0.1) is 10.2 Å². The molecular formula is C20H21N3O2. The van der Waals surface area contributed by atoms with Gasteiger partial charge < -0.3 is 9.73 Å². The summed E-state index contributed by atoms with van der Waals surface area (Å²) >= 11 is 0. The Bertz CT molecular complexity index is 876. The Labute approximate surface area is 147 Å². The van der Waals surface area contributed by atoms with Crippen LogP contribution in [0.5, 0.6) is 0 Å². The first-order valence-corrected chi connectivity index (χ1v) is 8.14. The number of carbonyl (C=O) groups is 1. The second-order valence-corrected chi connectivity index (χ2v) is 7.01. The second-order valence-electron chi connectivity index (χ2n) is 7.01. The molecule has 2 aromatic carbocycles. The lowest BCUT2D eigenvalue weighted by molar-refractivity contribution is -0.114. The van der Waals surface area contributed by atoms with Gasteiger partial charge >= 0.3 is 0 Å². The molecule has 0 bridgehead atoms. The Morgan fingerprint density at radius 2 is 1.76 bits per heavy atom. The molecule has 1 aromatic heterocycles. The molecule has 0 atom stereocenters. The maximum atomic E-state index is 11.2. The molecule has 0 radical (unpaired) electrons.